The molecule has 1 unspecified atom stereocenters. The lowest BCUT2D eigenvalue weighted by Gasteiger charge is -2.14. The Morgan fingerprint density at radius 3 is 2.80 bits per heavy atom. The molecule has 1 aromatic carbocycles. The van der Waals surface area contributed by atoms with E-state index < -0.39 is 0 Å². The number of nitrogens with one attached hydrogen (secondary N) is 1. The fraction of sp³-hybridized carbons (Fsp3) is 0.353. The molecule has 0 saturated heterocycles. The highest BCUT2D eigenvalue weighted by Gasteiger charge is 2.02. The number of rotatable bonds is 6. The van der Waals surface area contributed by atoms with Crippen LogP contribution < -0.4 is 10.1 Å². The molecular formula is C17H22N2O. The molecule has 2 aromatic rings. The predicted octanol–water partition coefficient (Wildman–Crippen LogP) is 4.18. The highest BCUT2D eigenvalue weighted by Crippen LogP contribution is 2.19. The maximum atomic E-state index is 5.82. The third-order valence-electron chi connectivity index (χ3n) is 3.19. The molecule has 0 aliphatic carbocycles. The van der Waals surface area contributed by atoms with E-state index >= 15 is 0 Å². The molecule has 106 valence electrons. The van der Waals surface area contributed by atoms with Gasteiger partial charge in [-0.05, 0) is 44.0 Å². The Morgan fingerprint density at radius 1 is 1.25 bits per heavy atom. The van der Waals surface area contributed by atoms with Crippen molar-refractivity contribution in [2.45, 2.75) is 39.8 Å². The molecule has 2 rings (SSSR count). The third kappa shape index (κ3) is 4.26. The summed E-state index contributed by atoms with van der Waals surface area (Å²) in [5.74, 6) is 0.904. The first-order valence-electron chi connectivity index (χ1n) is 7.09. The number of aryl methyl sites for hydroxylation is 1. The van der Waals surface area contributed by atoms with Crippen LogP contribution in [0, 0.1) is 6.92 Å². The molecule has 3 nitrogen and oxygen atoms in total. The van der Waals surface area contributed by atoms with Crippen molar-refractivity contribution in [2.24, 2.45) is 0 Å². The number of hydrogen-bond acceptors (Lipinski definition) is 3. The summed E-state index contributed by atoms with van der Waals surface area (Å²) in [6.07, 6.45) is 3.13. The zero-order valence-corrected chi connectivity index (χ0v) is 12.4. The first-order chi connectivity index (χ1) is 9.67. The fourth-order valence-corrected chi connectivity index (χ4v) is 1.79. The Kier molecular flexibility index (Phi) is 4.99. The van der Waals surface area contributed by atoms with E-state index in [4.69, 9.17) is 4.74 Å². The largest absolute Gasteiger partial charge is 0.491 e. The predicted molar refractivity (Wildman–Crippen MR) is 83.1 cm³/mol. The van der Waals surface area contributed by atoms with Crippen LogP contribution in [0.4, 0.5) is 5.69 Å². The molecule has 0 radical (unpaired) electrons. The monoisotopic (exact) mass is 270 g/mol. The SMILES string of the molecule is CCC(C)Oc1cccc(NCc2ccc(C)cn2)c1. The molecule has 0 bridgehead atoms. The lowest BCUT2D eigenvalue weighted by molar-refractivity contribution is 0.217. The summed E-state index contributed by atoms with van der Waals surface area (Å²) in [5.41, 5.74) is 3.26. The van der Waals surface area contributed by atoms with Gasteiger partial charge in [0.15, 0.2) is 0 Å². The molecule has 20 heavy (non-hydrogen) atoms. The van der Waals surface area contributed by atoms with Crippen molar-refractivity contribution >= 4 is 5.69 Å². The Balaban J connectivity index is 1.95. The number of ether oxygens (including phenoxy) is 1. The normalized spacial score (nSPS) is 11.9. The number of anilines is 1. The zero-order chi connectivity index (χ0) is 14.4. The van der Waals surface area contributed by atoms with Crippen molar-refractivity contribution in [2.75, 3.05) is 5.32 Å². The summed E-state index contributed by atoms with van der Waals surface area (Å²) in [5, 5.41) is 3.37. The minimum absolute atomic E-state index is 0.240. The van der Waals surface area contributed by atoms with E-state index in [1.54, 1.807) is 0 Å². The summed E-state index contributed by atoms with van der Waals surface area (Å²) in [6, 6.07) is 12.2. The van der Waals surface area contributed by atoms with E-state index in [-0.39, 0.29) is 6.10 Å². The average Bonchev–Trinajstić information content (AvgIpc) is 2.47. The molecule has 0 fully saturated rings. The Labute approximate surface area is 121 Å². The molecule has 1 heterocycles. The lowest BCUT2D eigenvalue weighted by Crippen LogP contribution is -2.10. The lowest BCUT2D eigenvalue weighted by atomic mass is 10.2. The minimum atomic E-state index is 0.240. The van der Waals surface area contributed by atoms with Gasteiger partial charge in [-0.3, -0.25) is 4.98 Å². The molecule has 3 heteroatoms. The average molecular weight is 270 g/mol. The summed E-state index contributed by atoms with van der Waals surface area (Å²) >= 11 is 0. The molecular weight excluding hydrogens is 248 g/mol. The number of hydrogen-bond donors (Lipinski definition) is 1. The number of nitrogens with zero attached hydrogens (tertiary/aromatic N) is 1. The molecule has 1 N–H and O–H groups in total. The zero-order valence-electron chi connectivity index (χ0n) is 12.4. The van der Waals surface area contributed by atoms with Gasteiger partial charge in [0.05, 0.1) is 18.3 Å². The first kappa shape index (κ1) is 14.4. The van der Waals surface area contributed by atoms with Crippen molar-refractivity contribution in [1.82, 2.24) is 4.98 Å². The highest BCUT2D eigenvalue weighted by molar-refractivity contribution is 5.48. The fourth-order valence-electron chi connectivity index (χ4n) is 1.79. The van der Waals surface area contributed by atoms with Crippen LogP contribution in [-0.4, -0.2) is 11.1 Å². The van der Waals surface area contributed by atoms with Gasteiger partial charge < -0.3 is 10.1 Å². The smallest absolute Gasteiger partial charge is 0.121 e. The van der Waals surface area contributed by atoms with E-state index in [1.807, 2.05) is 43.5 Å². The Bertz CT molecular complexity index is 537. The summed E-state index contributed by atoms with van der Waals surface area (Å²) in [4.78, 5) is 4.38. The van der Waals surface area contributed by atoms with Gasteiger partial charge in [-0.2, -0.15) is 0 Å². The third-order valence-corrected chi connectivity index (χ3v) is 3.19. The topological polar surface area (TPSA) is 34.1 Å². The second kappa shape index (κ2) is 6.94. The molecule has 1 atom stereocenters. The number of benzene rings is 1. The Morgan fingerprint density at radius 2 is 2.10 bits per heavy atom. The summed E-state index contributed by atoms with van der Waals surface area (Å²) in [6.45, 7) is 6.96. The van der Waals surface area contributed by atoms with Crippen molar-refractivity contribution in [3.63, 3.8) is 0 Å². The van der Waals surface area contributed by atoms with E-state index in [1.165, 1.54) is 5.56 Å². The van der Waals surface area contributed by atoms with Crippen molar-refractivity contribution in [3.05, 3.63) is 53.9 Å². The van der Waals surface area contributed by atoms with Gasteiger partial charge in [-0.15, -0.1) is 0 Å². The van der Waals surface area contributed by atoms with E-state index in [0.29, 0.717) is 6.54 Å². The van der Waals surface area contributed by atoms with Gasteiger partial charge in [0.25, 0.3) is 0 Å². The van der Waals surface area contributed by atoms with Crippen LogP contribution in [0.25, 0.3) is 0 Å². The van der Waals surface area contributed by atoms with Gasteiger partial charge in [0.2, 0.25) is 0 Å². The van der Waals surface area contributed by atoms with Crippen LogP contribution in [-0.2, 0) is 6.54 Å². The maximum Gasteiger partial charge on any atom is 0.121 e. The molecule has 0 saturated carbocycles. The first-order valence-corrected chi connectivity index (χ1v) is 7.09. The molecule has 0 spiro atoms. The summed E-state index contributed by atoms with van der Waals surface area (Å²) < 4.78 is 5.82. The van der Waals surface area contributed by atoms with Crippen molar-refractivity contribution < 1.29 is 4.74 Å². The van der Waals surface area contributed by atoms with Crippen LogP contribution in [0.15, 0.2) is 42.6 Å². The van der Waals surface area contributed by atoms with Crippen LogP contribution in [0.2, 0.25) is 0 Å². The number of pyridine rings is 1. The van der Waals surface area contributed by atoms with Crippen LogP contribution in [0.1, 0.15) is 31.5 Å². The molecule has 0 amide bonds. The van der Waals surface area contributed by atoms with E-state index in [0.717, 1.165) is 23.6 Å². The van der Waals surface area contributed by atoms with Gasteiger partial charge in [0.1, 0.15) is 5.75 Å². The second-order valence-corrected chi connectivity index (χ2v) is 5.04. The minimum Gasteiger partial charge on any atom is -0.491 e. The van der Waals surface area contributed by atoms with Crippen LogP contribution in [0.3, 0.4) is 0 Å². The number of aromatic nitrogens is 1. The molecule has 0 aliphatic heterocycles. The van der Waals surface area contributed by atoms with Gasteiger partial charge in [-0.25, -0.2) is 0 Å². The van der Waals surface area contributed by atoms with Crippen molar-refractivity contribution in [3.8, 4) is 5.75 Å². The standard InChI is InChI=1S/C17H22N2O/c1-4-14(3)20-17-7-5-6-15(10-17)19-12-16-9-8-13(2)11-18-16/h5-11,14,19H,4,12H2,1-3H3. The molecule has 0 aliphatic rings. The quantitative estimate of drug-likeness (QED) is 0.855. The highest BCUT2D eigenvalue weighted by atomic mass is 16.5. The van der Waals surface area contributed by atoms with Crippen molar-refractivity contribution in [1.29, 1.82) is 0 Å². The van der Waals surface area contributed by atoms with Gasteiger partial charge in [0, 0.05) is 18.0 Å². The molecule has 1 aromatic heterocycles. The van der Waals surface area contributed by atoms with Crippen LogP contribution >= 0.6 is 0 Å². The van der Waals surface area contributed by atoms with Gasteiger partial charge >= 0.3 is 0 Å². The van der Waals surface area contributed by atoms with E-state index in [9.17, 15) is 0 Å². The van der Waals surface area contributed by atoms with Crippen LogP contribution in [0.5, 0.6) is 5.75 Å². The van der Waals surface area contributed by atoms with E-state index in [2.05, 4.69) is 30.2 Å². The van der Waals surface area contributed by atoms with Gasteiger partial charge in [-0.1, -0.05) is 19.1 Å². The summed E-state index contributed by atoms with van der Waals surface area (Å²) in [7, 11) is 0. The Hall–Kier alpha value is -2.03. The second-order valence-electron chi connectivity index (χ2n) is 5.04. The maximum absolute atomic E-state index is 5.82.